The molecule has 0 bridgehead atoms. The zero-order chi connectivity index (χ0) is 30.9. The molecule has 0 radical (unpaired) electrons. The van der Waals surface area contributed by atoms with Gasteiger partial charge in [-0.3, -0.25) is 14.6 Å². The van der Waals surface area contributed by atoms with Crippen LogP contribution in [-0.2, 0) is 11.3 Å². The highest BCUT2D eigenvalue weighted by molar-refractivity contribution is 6.46. The Labute approximate surface area is 250 Å². The van der Waals surface area contributed by atoms with Gasteiger partial charge in [-0.05, 0) is 79.2 Å². The lowest BCUT2D eigenvalue weighted by atomic mass is 9.75. The number of carbonyl (C=O) groups is 2. The van der Waals surface area contributed by atoms with E-state index in [1.807, 2.05) is 17.0 Å². The molecule has 43 heavy (non-hydrogen) atoms. The summed E-state index contributed by atoms with van der Waals surface area (Å²) in [4.78, 5) is 34.1. The molecule has 2 heterocycles. The lowest BCUT2D eigenvalue weighted by Crippen LogP contribution is -2.52. The van der Waals surface area contributed by atoms with Crippen molar-refractivity contribution in [2.45, 2.75) is 85.0 Å². The van der Waals surface area contributed by atoms with Gasteiger partial charge in [0.25, 0.3) is 11.8 Å². The normalized spacial score (nSPS) is 23.0. The Morgan fingerprint density at radius 1 is 1.09 bits per heavy atom. The summed E-state index contributed by atoms with van der Waals surface area (Å²) in [6, 6.07) is 10.0. The first kappa shape index (κ1) is 30.4. The topological polar surface area (TPSA) is 116 Å². The molecule has 0 saturated heterocycles. The Morgan fingerprint density at radius 2 is 1.74 bits per heavy atom. The van der Waals surface area contributed by atoms with Gasteiger partial charge in [0.05, 0.1) is 12.6 Å². The summed E-state index contributed by atoms with van der Waals surface area (Å²) in [5, 5.41) is 16.3. The van der Waals surface area contributed by atoms with E-state index < -0.39 is 17.3 Å². The highest BCUT2D eigenvalue weighted by Gasteiger charge is 2.53. The number of amides is 2. The number of benzene rings is 2. The fourth-order valence-electron chi connectivity index (χ4n) is 6.65. The maximum absolute atomic E-state index is 14.4. The standard InChI is InChI=1S/C32H39F2N7O2/c1-19-12-20(2)17-32(16-19)36-28(23-13-24(33)15-25(34)14-23)30(43)41(32)26(10-11-31(3,4)5)21-6-8-22(9-7-21)29(42)35-18-27-37-39-40-38-27/h6-9,13-15,19-20,26H,10-12,16-18H2,1-5H3,(H,35,42)(H,37,38,39,40)/t19?,20?,26-,32?/m1/s1. The zero-order valence-corrected chi connectivity index (χ0v) is 25.3. The molecule has 2 N–H and O–H groups in total. The van der Waals surface area contributed by atoms with Crippen LogP contribution in [0.25, 0.3) is 0 Å². The highest BCUT2D eigenvalue weighted by atomic mass is 19.1. The van der Waals surface area contributed by atoms with E-state index in [1.54, 1.807) is 12.1 Å². The van der Waals surface area contributed by atoms with Crippen molar-refractivity contribution in [1.82, 2.24) is 30.8 Å². The fraction of sp³-hybridized carbons (Fsp3) is 0.500. The number of nitrogens with one attached hydrogen (secondary N) is 2. The van der Waals surface area contributed by atoms with Crippen molar-refractivity contribution in [3.05, 3.63) is 76.6 Å². The monoisotopic (exact) mass is 591 g/mol. The first-order valence-corrected chi connectivity index (χ1v) is 14.8. The first-order valence-electron chi connectivity index (χ1n) is 14.8. The second-order valence-corrected chi connectivity index (χ2v) is 13.4. The van der Waals surface area contributed by atoms with Gasteiger partial charge in [-0.25, -0.2) is 8.78 Å². The first-order chi connectivity index (χ1) is 20.3. The van der Waals surface area contributed by atoms with Crippen LogP contribution in [0.5, 0.6) is 0 Å². The van der Waals surface area contributed by atoms with Gasteiger partial charge in [0.2, 0.25) is 0 Å². The molecule has 1 aromatic heterocycles. The second kappa shape index (κ2) is 11.9. The predicted octanol–water partition coefficient (Wildman–Crippen LogP) is 5.76. The van der Waals surface area contributed by atoms with Crippen molar-refractivity contribution in [3.8, 4) is 0 Å². The number of nitrogens with zero attached hydrogens (tertiary/aromatic N) is 5. The quantitative estimate of drug-likeness (QED) is 0.346. The van der Waals surface area contributed by atoms with Gasteiger partial charge in [-0.2, -0.15) is 5.21 Å². The third kappa shape index (κ3) is 6.81. The maximum Gasteiger partial charge on any atom is 0.275 e. The summed E-state index contributed by atoms with van der Waals surface area (Å²) in [5.74, 6) is -1.13. The summed E-state index contributed by atoms with van der Waals surface area (Å²) < 4.78 is 28.6. The maximum atomic E-state index is 14.4. The van der Waals surface area contributed by atoms with Crippen molar-refractivity contribution < 1.29 is 18.4 Å². The number of aromatic nitrogens is 4. The summed E-state index contributed by atoms with van der Waals surface area (Å²) in [6.45, 7) is 10.9. The molecule has 9 nitrogen and oxygen atoms in total. The van der Waals surface area contributed by atoms with Gasteiger partial charge in [-0.15, -0.1) is 10.2 Å². The SMILES string of the molecule is CC1CC(C)CC2(C1)N=C(c1cc(F)cc(F)c1)C(=O)N2[C@H](CCC(C)(C)C)c1ccc(C(=O)NCc2nn[nH]n2)cc1. The van der Waals surface area contributed by atoms with Crippen LogP contribution in [0, 0.1) is 28.9 Å². The number of hydrogen-bond acceptors (Lipinski definition) is 6. The number of aromatic amines is 1. The minimum Gasteiger partial charge on any atom is -0.345 e. The Balaban J connectivity index is 1.52. The van der Waals surface area contributed by atoms with E-state index in [0.29, 0.717) is 42.5 Å². The molecule has 1 fully saturated rings. The van der Waals surface area contributed by atoms with E-state index in [-0.39, 0.29) is 41.1 Å². The minimum absolute atomic E-state index is 0.00824. The molecule has 1 spiro atoms. The van der Waals surface area contributed by atoms with Gasteiger partial charge < -0.3 is 10.2 Å². The molecule has 2 aliphatic rings. The second-order valence-electron chi connectivity index (χ2n) is 13.4. The number of H-pyrrole nitrogens is 1. The molecule has 1 aliphatic heterocycles. The van der Waals surface area contributed by atoms with Crippen LogP contribution in [0.1, 0.15) is 100 Å². The van der Waals surface area contributed by atoms with Crippen LogP contribution in [0.3, 0.4) is 0 Å². The molecule has 1 saturated carbocycles. The van der Waals surface area contributed by atoms with Crippen molar-refractivity contribution in [3.63, 3.8) is 0 Å². The van der Waals surface area contributed by atoms with Crippen LogP contribution in [0.15, 0.2) is 47.5 Å². The average molecular weight is 592 g/mol. The number of halogens is 2. The van der Waals surface area contributed by atoms with Crippen molar-refractivity contribution in [2.24, 2.45) is 22.2 Å². The largest absolute Gasteiger partial charge is 0.345 e. The van der Waals surface area contributed by atoms with Gasteiger partial charge in [0.1, 0.15) is 23.0 Å². The number of rotatable bonds is 8. The Morgan fingerprint density at radius 3 is 2.33 bits per heavy atom. The molecule has 11 heteroatoms. The molecular weight excluding hydrogens is 552 g/mol. The van der Waals surface area contributed by atoms with Crippen molar-refractivity contribution in [2.75, 3.05) is 0 Å². The smallest absolute Gasteiger partial charge is 0.275 e. The summed E-state index contributed by atoms with van der Waals surface area (Å²) in [5.41, 5.74) is 0.730. The van der Waals surface area contributed by atoms with Gasteiger partial charge in [0, 0.05) is 17.2 Å². The molecule has 3 atom stereocenters. The van der Waals surface area contributed by atoms with Gasteiger partial charge in [-0.1, -0.05) is 52.0 Å². The van der Waals surface area contributed by atoms with Crippen LogP contribution >= 0.6 is 0 Å². The molecule has 5 rings (SSSR count). The number of aliphatic imine (C=N–C) groups is 1. The molecule has 3 aromatic rings. The summed E-state index contributed by atoms with van der Waals surface area (Å²) >= 11 is 0. The van der Waals surface area contributed by atoms with Crippen LogP contribution in [0.2, 0.25) is 0 Å². The average Bonchev–Trinajstić information content (AvgIpc) is 3.53. The van der Waals surface area contributed by atoms with Gasteiger partial charge in [0.15, 0.2) is 5.82 Å². The molecule has 2 unspecified atom stereocenters. The third-order valence-electron chi connectivity index (χ3n) is 8.31. The fourth-order valence-corrected chi connectivity index (χ4v) is 6.65. The predicted molar refractivity (Wildman–Crippen MR) is 158 cm³/mol. The van der Waals surface area contributed by atoms with E-state index in [0.717, 1.165) is 24.5 Å². The van der Waals surface area contributed by atoms with Crippen LogP contribution < -0.4 is 5.32 Å². The summed E-state index contributed by atoms with van der Waals surface area (Å²) in [6.07, 6.45) is 3.81. The van der Waals surface area contributed by atoms with E-state index in [1.165, 1.54) is 12.1 Å². The molecule has 2 amide bonds. The zero-order valence-electron chi connectivity index (χ0n) is 25.3. The van der Waals surface area contributed by atoms with E-state index in [9.17, 15) is 18.4 Å². The lowest BCUT2D eigenvalue weighted by molar-refractivity contribution is -0.134. The number of carbonyl (C=O) groups excluding carboxylic acids is 2. The Hall–Kier alpha value is -4.02. The van der Waals surface area contributed by atoms with Crippen LogP contribution in [-0.4, -0.2) is 48.7 Å². The summed E-state index contributed by atoms with van der Waals surface area (Å²) in [7, 11) is 0. The Bertz CT molecular complexity index is 1470. The number of tetrazole rings is 1. The van der Waals surface area contributed by atoms with E-state index >= 15 is 0 Å². The van der Waals surface area contributed by atoms with E-state index in [4.69, 9.17) is 4.99 Å². The van der Waals surface area contributed by atoms with Crippen LogP contribution in [0.4, 0.5) is 8.78 Å². The van der Waals surface area contributed by atoms with Crippen molar-refractivity contribution >= 4 is 17.5 Å². The van der Waals surface area contributed by atoms with E-state index in [2.05, 4.69) is 60.6 Å². The molecule has 1 aliphatic carbocycles. The highest BCUT2D eigenvalue weighted by Crippen LogP contribution is 2.49. The molecule has 228 valence electrons. The van der Waals surface area contributed by atoms with Gasteiger partial charge >= 0.3 is 0 Å². The lowest BCUT2D eigenvalue weighted by Gasteiger charge is -2.47. The Kier molecular flexibility index (Phi) is 8.45. The van der Waals surface area contributed by atoms with Crippen molar-refractivity contribution in [1.29, 1.82) is 0 Å². The molecular formula is C32H39F2N7O2. The third-order valence-corrected chi connectivity index (χ3v) is 8.31. The number of hydrogen-bond donors (Lipinski definition) is 2. The molecule has 2 aromatic carbocycles. The minimum atomic E-state index is -0.838.